The van der Waals surface area contributed by atoms with E-state index in [-0.39, 0.29) is 11.8 Å². The van der Waals surface area contributed by atoms with Crippen molar-refractivity contribution in [3.63, 3.8) is 0 Å². The number of methoxy groups -OCH3 is 2. The topological polar surface area (TPSA) is 56.6 Å². The lowest BCUT2D eigenvalue weighted by atomic mass is 9.98. The third-order valence-electron chi connectivity index (χ3n) is 5.54. The first-order valence-electron chi connectivity index (χ1n) is 10.2. The first kappa shape index (κ1) is 20.0. The van der Waals surface area contributed by atoms with Crippen LogP contribution in [-0.2, 0) is 13.0 Å². The summed E-state index contributed by atoms with van der Waals surface area (Å²) in [5, 5.41) is 4.72. The molecule has 3 aromatic rings. The molecule has 6 nitrogen and oxygen atoms in total. The second kappa shape index (κ2) is 8.22. The molecule has 0 atom stereocenters. The molecule has 0 saturated heterocycles. The third-order valence-corrected chi connectivity index (χ3v) is 5.54. The molecule has 30 heavy (non-hydrogen) atoms. The van der Waals surface area contributed by atoms with Gasteiger partial charge in [-0.05, 0) is 53.8 Å². The molecule has 4 rings (SSSR count). The summed E-state index contributed by atoms with van der Waals surface area (Å²) in [4.78, 5) is 15.4. The molecular weight excluding hydrogens is 378 g/mol. The molecule has 1 amide bonds. The molecule has 0 radical (unpaired) electrons. The quantitative estimate of drug-likeness (QED) is 0.638. The van der Waals surface area contributed by atoms with Crippen LogP contribution in [0.5, 0.6) is 11.5 Å². The molecule has 1 aliphatic rings. The Morgan fingerprint density at radius 3 is 2.30 bits per heavy atom. The number of rotatable bonds is 5. The Morgan fingerprint density at radius 1 is 1.00 bits per heavy atom. The summed E-state index contributed by atoms with van der Waals surface area (Å²) in [7, 11) is 3.27. The van der Waals surface area contributed by atoms with Gasteiger partial charge >= 0.3 is 0 Å². The Hall–Kier alpha value is -3.28. The fourth-order valence-corrected chi connectivity index (χ4v) is 3.82. The summed E-state index contributed by atoms with van der Waals surface area (Å²) in [6.07, 6.45) is 0.776. The second-order valence-electron chi connectivity index (χ2n) is 7.81. The lowest BCUT2D eigenvalue weighted by Crippen LogP contribution is -2.37. The third kappa shape index (κ3) is 3.65. The molecule has 0 bridgehead atoms. The van der Waals surface area contributed by atoms with Gasteiger partial charge in [-0.1, -0.05) is 32.0 Å². The summed E-state index contributed by atoms with van der Waals surface area (Å²) < 4.78 is 12.6. The highest BCUT2D eigenvalue weighted by Gasteiger charge is 2.27. The minimum absolute atomic E-state index is 0.0151. The molecule has 2 heterocycles. The van der Waals surface area contributed by atoms with Gasteiger partial charge in [0.2, 0.25) is 0 Å². The van der Waals surface area contributed by atoms with Gasteiger partial charge in [0.15, 0.2) is 11.5 Å². The van der Waals surface area contributed by atoms with Gasteiger partial charge in [-0.3, -0.25) is 4.79 Å². The SMILES string of the molecule is COc1cc2c(cc1OC)CN(C(=O)c1cc(C(C)C)nn1-c1ccccc1)CC2. The number of nitrogens with zero attached hydrogens (tertiary/aromatic N) is 3. The molecular formula is C24H27N3O3. The number of aromatic nitrogens is 2. The van der Waals surface area contributed by atoms with E-state index in [0.29, 0.717) is 24.5 Å². The Balaban J connectivity index is 1.68. The molecule has 156 valence electrons. The highest BCUT2D eigenvalue weighted by molar-refractivity contribution is 5.93. The zero-order valence-corrected chi connectivity index (χ0v) is 17.9. The van der Waals surface area contributed by atoms with Crippen molar-refractivity contribution in [1.82, 2.24) is 14.7 Å². The fraction of sp³-hybridized carbons (Fsp3) is 0.333. The van der Waals surface area contributed by atoms with E-state index in [1.165, 1.54) is 5.56 Å². The Bertz CT molecular complexity index is 1060. The van der Waals surface area contributed by atoms with Crippen LogP contribution in [-0.4, -0.2) is 41.4 Å². The first-order chi connectivity index (χ1) is 14.5. The molecule has 2 aromatic carbocycles. The minimum Gasteiger partial charge on any atom is -0.493 e. The van der Waals surface area contributed by atoms with Gasteiger partial charge < -0.3 is 14.4 Å². The van der Waals surface area contributed by atoms with E-state index in [1.807, 2.05) is 53.4 Å². The van der Waals surface area contributed by atoms with Crippen LogP contribution in [0, 0.1) is 0 Å². The molecule has 0 spiro atoms. The highest BCUT2D eigenvalue weighted by Crippen LogP contribution is 2.33. The van der Waals surface area contributed by atoms with Gasteiger partial charge in [-0.15, -0.1) is 0 Å². The number of hydrogen-bond acceptors (Lipinski definition) is 4. The summed E-state index contributed by atoms with van der Waals surface area (Å²) in [5.74, 6) is 1.63. The summed E-state index contributed by atoms with van der Waals surface area (Å²) in [6, 6.07) is 15.7. The van der Waals surface area contributed by atoms with Crippen molar-refractivity contribution in [2.75, 3.05) is 20.8 Å². The number of hydrogen-bond donors (Lipinski definition) is 0. The van der Waals surface area contributed by atoms with Gasteiger partial charge in [-0.25, -0.2) is 4.68 Å². The minimum atomic E-state index is -0.0151. The van der Waals surface area contributed by atoms with Crippen molar-refractivity contribution in [2.45, 2.75) is 32.7 Å². The van der Waals surface area contributed by atoms with Crippen LogP contribution in [0.15, 0.2) is 48.5 Å². The largest absolute Gasteiger partial charge is 0.493 e. The maximum absolute atomic E-state index is 13.5. The van der Waals surface area contributed by atoms with Crippen LogP contribution < -0.4 is 9.47 Å². The summed E-state index contributed by atoms with van der Waals surface area (Å²) >= 11 is 0. The number of benzene rings is 2. The van der Waals surface area contributed by atoms with E-state index >= 15 is 0 Å². The molecule has 0 unspecified atom stereocenters. The highest BCUT2D eigenvalue weighted by atomic mass is 16.5. The van der Waals surface area contributed by atoms with E-state index in [1.54, 1.807) is 18.9 Å². The van der Waals surface area contributed by atoms with Crippen LogP contribution in [0.1, 0.15) is 47.1 Å². The van der Waals surface area contributed by atoms with E-state index < -0.39 is 0 Å². The van der Waals surface area contributed by atoms with Crippen LogP contribution in [0.3, 0.4) is 0 Å². The normalized spacial score (nSPS) is 13.3. The zero-order valence-electron chi connectivity index (χ0n) is 17.9. The van der Waals surface area contributed by atoms with Crippen molar-refractivity contribution in [1.29, 1.82) is 0 Å². The number of amides is 1. The molecule has 0 aliphatic carbocycles. The van der Waals surface area contributed by atoms with Crippen molar-refractivity contribution in [2.24, 2.45) is 0 Å². The predicted octanol–water partition coefficient (Wildman–Crippen LogP) is 4.21. The number of para-hydroxylation sites is 1. The molecule has 0 N–H and O–H groups in total. The monoisotopic (exact) mass is 405 g/mol. The van der Waals surface area contributed by atoms with Gasteiger partial charge in [0.1, 0.15) is 5.69 Å². The first-order valence-corrected chi connectivity index (χ1v) is 10.2. The smallest absolute Gasteiger partial charge is 0.272 e. The van der Waals surface area contributed by atoms with Crippen molar-refractivity contribution >= 4 is 5.91 Å². The van der Waals surface area contributed by atoms with E-state index in [9.17, 15) is 4.79 Å². The number of carbonyl (C=O) groups excluding carboxylic acids is 1. The average molecular weight is 405 g/mol. The van der Waals surface area contributed by atoms with Crippen molar-refractivity contribution < 1.29 is 14.3 Å². The van der Waals surface area contributed by atoms with E-state index in [0.717, 1.165) is 29.1 Å². The lowest BCUT2D eigenvalue weighted by Gasteiger charge is -2.29. The van der Waals surface area contributed by atoms with Crippen LogP contribution >= 0.6 is 0 Å². The predicted molar refractivity (Wildman–Crippen MR) is 116 cm³/mol. The van der Waals surface area contributed by atoms with Gasteiger partial charge in [0.25, 0.3) is 5.91 Å². The number of carbonyl (C=O) groups is 1. The van der Waals surface area contributed by atoms with Gasteiger partial charge in [-0.2, -0.15) is 5.10 Å². The van der Waals surface area contributed by atoms with Crippen molar-refractivity contribution in [3.8, 4) is 17.2 Å². The average Bonchev–Trinajstić information content (AvgIpc) is 3.23. The summed E-state index contributed by atoms with van der Waals surface area (Å²) in [6.45, 7) is 5.36. The lowest BCUT2D eigenvalue weighted by molar-refractivity contribution is 0.0725. The summed E-state index contributed by atoms with van der Waals surface area (Å²) in [5.41, 5.74) is 4.66. The number of ether oxygens (including phenoxy) is 2. The maximum Gasteiger partial charge on any atom is 0.272 e. The Kier molecular flexibility index (Phi) is 5.48. The standard InChI is InChI=1S/C24H27N3O3/c1-16(2)20-14-21(27(25-20)19-8-6-5-7-9-19)24(28)26-11-10-17-12-22(29-3)23(30-4)13-18(17)15-26/h5-9,12-14,16H,10-11,15H2,1-4H3. The Labute approximate surface area is 177 Å². The molecule has 1 aliphatic heterocycles. The van der Waals surface area contributed by atoms with Crippen LogP contribution in [0.4, 0.5) is 0 Å². The molecule has 0 fully saturated rings. The van der Waals surface area contributed by atoms with E-state index in [4.69, 9.17) is 14.6 Å². The molecule has 1 aromatic heterocycles. The Morgan fingerprint density at radius 2 is 1.67 bits per heavy atom. The maximum atomic E-state index is 13.5. The second-order valence-corrected chi connectivity index (χ2v) is 7.81. The van der Waals surface area contributed by atoms with E-state index in [2.05, 4.69) is 13.8 Å². The van der Waals surface area contributed by atoms with Crippen LogP contribution in [0.2, 0.25) is 0 Å². The molecule has 6 heteroatoms. The van der Waals surface area contributed by atoms with Gasteiger partial charge in [0.05, 0.1) is 25.6 Å². The molecule has 0 saturated carbocycles. The van der Waals surface area contributed by atoms with Crippen LogP contribution in [0.25, 0.3) is 5.69 Å². The fourth-order valence-electron chi connectivity index (χ4n) is 3.82. The van der Waals surface area contributed by atoms with Gasteiger partial charge in [0, 0.05) is 13.1 Å². The zero-order chi connectivity index (χ0) is 21.3. The van der Waals surface area contributed by atoms with Crippen molar-refractivity contribution in [3.05, 3.63) is 71.0 Å². The number of fused-ring (bicyclic) bond motifs is 1.